The lowest BCUT2D eigenvalue weighted by atomic mass is 9.90. The second-order valence-electron chi connectivity index (χ2n) is 5.34. The Bertz CT molecular complexity index is 364. The fraction of sp³-hybridized carbons (Fsp3) is 0.643. The lowest BCUT2D eigenvalue weighted by molar-refractivity contribution is -0.129. The van der Waals surface area contributed by atoms with Gasteiger partial charge in [0.2, 0.25) is 0 Å². The van der Waals surface area contributed by atoms with E-state index in [1.807, 2.05) is 5.38 Å². The summed E-state index contributed by atoms with van der Waals surface area (Å²) in [5.41, 5.74) is 0.854. The third kappa shape index (κ3) is 2.96. The number of ketones is 1. The monoisotopic (exact) mass is 251 g/mol. The molecule has 1 aliphatic rings. The zero-order valence-corrected chi connectivity index (χ0v) is 11.6. The third-order valence-electron chi connectivity index (χ3n) is 3.77. The molecule has 0 amide bonds. The molecule has 0 spiro atoms. The molecular weight excluding hydrogens is 230 g/mol. The van der Waals surface area contributed by atoms with Gasteiger partial charge in [-0.3, -0.25) is 9.69 Å². The summed E-state index contributed by atoms with van der Waals surface area (Å²) in [4.78, 5) is 14.7. The van der Waals surface area contributed by atoms with Crippen molar-refractivity contribution in [2.24, 2.45) is 0 Å². The Morgan fingerprint density at radius 3 is 2.65 bits per heavy atom. The van der Waals surface area contributed by atoms with Crippen molar-refractivity contribution in [3.05, 3.63) is 22.4 Å². The van der Waals surface area contributed by atoms with Crippen LogP contribution in [0.2, 0.25) is 0 Å². The summed E-state index contributed by atoms with van der Waals surface area (Å²) < 4.78 is 0. The SMILES string of the molecule is CC(C)(C(=O)Cc1ccsc1)N1CCCCC1. The van der Waals surface area contributed by atoms with Crippen molar-refractivity contribution in [3.8, 4) is 0 Å². The summed E-state index contributed by atoms with van der Waals surface area (Å²) in [5, 5.41) is 4.11. The molecule has 17 heavy (non-hydrogen) atoms. The third-order valence-corrected chi connectivity index (χ3v) is 4.51. The van der Waals surface area contributed by atoms with Gasteiger partial charge in [0.25, 0.3) is 0 Å². The van der Waals surface area contributed by atoms with Gasteiger partial charge in [-0.05, 0) is 62.2 Å². The van der Waals surface area contributed by atoms with Crippen LogP contribution in [0.5, 0.6) is 0 Å². The van der Waals surface area contributed by atoms with Crippen LogP contribution in [0.15, 0.2) is 16.8 Å². The number of piperidine rings is 1. The van der Waals surface area contributed by atoms with Crippen molar-refractivity contribution in [3.63, 3.8) is 0 Å². The molecule has 0 bridgehead atoms. The van der Waals surface area contributed by atoms with Crippen LogP contribution in [-0.2, 0) is 11.2 Å². The standard InChI is InChI=1S/C14H21NOS/c1-14(2,15-7-4-3-5-8-15)13(16)10-12-6-9-17-11-12/h6,9,11H,3-5,7-8,10H2,1-2H3. The molecule has 0 saturated carbocycles. The van der Waals surface area contributed by atoms with Gasteiger partial charge in [-0.2, -0.15) is 11.3 Å². The molecule has 3 heteroatoms. The van der Waals surface area contributed by atoms with Gasteiger partial charge in [0, 0.05) is 6.42 Å². The summed E-state index contributed by atoms with van der Waals surface area (Å²) >= 11 is 1.66. The van der Waals surface area contributed by atoms with E-state index in [4.69, 9.17) is 0 Å². The highest BCUT2D eigenvalue weighted by molar-refractivity contribution is 7.08. The second kappa shape index (κ2) is 5.32. The number of thiophene rings is 1. The first-order valence-electron chi connectivity index (χ1n) is 6.40. The maximum absolute atomic E-state index is 12.4. The minimum Gasteiger partial charge on any atom is -0.297 e. The van der Waals surface area contributed by atoms with Crippen molar-refractivity contribution < 1.29 is 4.79 Å². The van der Waals surface area contributed by atoms with Crippen LogP contribution in [0, 0.1) is 0 Å². The van der Waals surface area contributed by atoms with Gasteiger partial charge in [-0.25, -0.2) is 0 Å². The van der Waals surface area contributed by atoms with E-state index in [1.165, 1.54) is 19.3 Å². The summed E-state index contributed by atoms with van der Waals surface area (Å²) in [6.45, 7) is 6.30. The number of hydrogen-bond donors (Lipinski definition) is 0. The van der Waals surface area contributed by atoms with Crippen molar-refractivity contribution in [1.82, 2.24) is 4.90 Å². The predicted molar refractivity (Wildman–Crippen MR) is 72.5 cm³/mol. The fourth-order valence-corrected chi connectivity index (χ4v) is 3.09. The van der Waals surface area contributed by atoms with Crippen LogP contribution in [0.25, 0.3) is 0 Å². The number of rotatable bonds is 4. The molecular formula is C14H21NOS. The molecule has 1 saturated heterocycles. The smallest absolute Gasteiger partial charge is 0.156 e. The average Bonchev–Trinajstić information content (AvgIpc) is 2.83. The van der Waals surface area contributed by atoms with E-state index in [-0.39, 0.29) is 5.54 Å². The number of likely N-dealkylation sites (tertiary alicyclic amines) is 1. The van der Waals surface area contributed by atoms with E-state index in [1.54, 1.807) is 11.3 Å². The highest BCUT2D eigenvalue weighted by Crippen LogP contribution is 2.23. The Morgan fingerprint density at radius 1 is 1.35 bits per heavy atom. The van der Waals surface area contributed by atoms with E-state index in [0.717, 1.165) is 18.7 Å². The first-order valence-corrected chi connectivity index (χ1v) is 7.34. The first-order chi connectivity index (χ1) is 8.10. The Balaban J connectivity index is 2.00. The Morgan fingerprint density at radius 2 is 2.06 bits per heavy atom. The van der Waals surface area contributed by atoms with Crippen LogP contribution < -0.4 is 0 Å². The maximum Gasteiger partial charge on any atom is 0.156 e. The molecule has 2 rings (SSSR count). The summed E-state index contributed by atoms with van der Waals surface area (Å²) in [5.74, 6) is 0.345. The molecule has 2 nitrogen and oxygen atoms in total. The van der Waals surface area contributed by atoms with E-state index >= 15 is 0 Å². The predicted octanol–water partition coefficient (Wildman–Crippen LogP) is 3.12. The van der Waals surface area contributed by atoms with Crippen LogP contribution in [0.1, 0.15) is 38.7 Å². The molecule has 0 aromatic carbocycles. The largest absolute Gasteiger partial charge is 0.297 e. The molecule has 94 valence electrons. The van der Waals surface area contributed by atoms with Crippen molar-refractivity contribution in [2.75, 3.05) is 13.1 Å². The molecule has 1 fully saturated rings. The molecule has 1 aromatic heterocycles. The van der Waals surface area contributed by atoms with E-state index < -0.39 is 0 Å². The van der Waals surface area contributed by atoms with E-state index in [2.05, 4.69) is 30.2 Å². The van der Waals surface area contributed by atoms with Crippen molar-refractivity contribution in [2.45, 2.75) is 45.1 Å². The molecule has 0 aliphatic carbocycles. The van der Waals surface area contributed by atoms with Crippen LogP contribution >= 0.6 is 11.3 Å². The van der Waals surface area contributed by atoms with Gasteiger partial charge in [0.15, 0.2) is 5.78 Å². The van der Waals surface area contributed by atoms with Gasteiger partial charge >= 0.3 is 0 Å². The normalized spacial score (nSPS) is 18.2. The maximum atomic E-state index is 12.4. The topological polar surface area (TPSA) is 20.3 Å². The second-order valence-corrected chi connectivity index (χ2v) is 6.12. The summed E-state index contributed by atoms with van der Waals surface area (Å²) in [6, 6.07) is 2.05. The van der Waals surface area contributed by atoms with Crippen molar-refractivity contribution in [1.29, 1.82) is 0 Å². The number of Topliss-reactive ketones (excluding diaryl/α,β-unsaturated/α-hetero) is 1. The van der Waals surface area contributed by atoms with Gasteiger partial charge in [0.05, 0.1) is 5.54 Å². The van der Waals surface area contributed by atoms with Crippen LogP contribution in [0.3, 0.4) is 0 Å². The molecule has 1 aromatic rings. The zero-order chi connectivity index (χ0) is 12.3. The molecule has 0 atom stereocenters. The van der Waals surface area contributed by atoms with E-state index in [9.17, 15) is 4.79 Å². The summed E-state index contributed by atoms with van der Waals surface area (Å²) in [7, 11) is 0. The molecule has 0 radical (unpaired) electrons. The Labute approximate surface area is 108 Å². The van der Waals surface area contributed by atoms with E-state index in [0.29, 0.717) is 12.2 Å². The molecule has 2 heterocycles. The van der Waals surface area contributed by atoms with Gasteiger partial charge in [0.1, 0.15) is 0 Å². The lowest BCUT2D eigenvalue weighted by Gasteiger charge is -2.39. The molecule has 0 unspecified atom stereocenters. The van der Waals surface area contributed by atoms with Gasteiger partial charge in [-0.15, -0.1) is 0 Å². The number of carbonyl (C=O) groups is 1. The Kier molecular flexibility index (Phi) is 4.00. The highest BCUT2D eigenvalue weighted by atomic mass is 32.1. The lowest BCUT2D eigenvalue weighted by Crippen LogP contribution is -2.52. The highest BCUT2D eigenvalue weighted by Gasteiger charge is 2.34. The van der Waals surface area contributed by atoms with Crippen molar-refractivity contribution >= 4 is 17.1 Å². The summed E-state index contributed by atoms with van der Waals surface area (Å²) in [6.07, 6.45) is 4.35. The van der Waals surface area contributed by atoms with Gasteiger partial charge in [-0.1, -0.05) is 6.42 Å². The van der Waals surface area contributed by atoms with Crippen LogP contribution in [-0.4, -0.2) is 29.3 Å². The minimum absolute atomic E-state index is 0.303. The fourth-order valence-electron chi connectivity index (χ4n) is 2.42. The molecule has 0 N–H and O–H groups in total. The molecule has 1 aliphatic heterocycles. The number of carbonyl (C=O) groups excluding carboxylic acids is 1. The van der Waals surface area contributed by atoms with Crippen LogP contribution in [0.4, 0.5) is 0 Å². The quantitative estimate of drug-likeness (QED) is 0.819. The minimum atomic E-state index is -0.303. The number of hydrogen-bond acceptors (Lipinski definition) is 3. The van der Waals surface area contributed by atoms with Gasteiger partial charge < -0.3 is 0 Å². The zero-order valence-electron chi connectivity index (χ0n) is 10.7. The number of nitrogens with zero attached hydrogens (tertiary/aromatic N) is 1. The first kappa shape index (κ1) is 12.8. The Hall–Kier alpha value is -0.670. The average molecular weight is 251 g/mol.